The molecule has 1 aromatic carbocycles. The van der Waals surface area contributed by atoms with Gasteiger partial charge < -0.3 is 10.4 Å². The van der Waals surface area contributed by atoms with E-state index in [-0.39, 0.29) is 11.9 Å². The molecule has 0 amide bonds. The largest absolute Gasteiger partial charge is 0.389 e. The van der Waals surface area contributed by atoms with E-state index in [0.29, 0.717) is 12.1 Å². The van der Waals surface area contributed by atoms with Crippen molar-refractivity contribution in [1.82, 2.24) is 5.32 Å². The van der Waals surface area contributed by atoms with Gasteiger partial charge in [0.15, 0.2) is 0 Å². The lowest BCUT2D eigenvalue weighted by Crippen LogP contribution is -2.47. The van der Waals surface area contributed by atoms with Gasteiger partial charge in [-0.1, -0.05) is 25.1 Å². The van der Waals surface area contributed by atoms with Gasteiger partial charge in [0.25, 0.3) is 0 Å². The third-order valence-electron chi connectivity index (χ3n) is 3.65. The lowest BCUT2D eigenvalue weighted by molar-refractivity contribution is -0.0334. The van der Waals surface area contributed by atoms with Crippen molar-refractivity contribution >= 4 is 0 Å². The fraction of sp³-hybridized carbons (Fsp3) is 0.571. The first-order valence-electron chi connectivity index (χ1n) is 6.35. The van der Waals surface area contributed by atoms with Crippen LogP contribution in [-0.4, -0.2) is 17.3 Å². The van der Waals surface area contributed by atoms with Crippen LogP contribution >= 0.6 is 0 Å². The maximum absolute atomic E-state index is 13.6. The van der Waals surface area contributed by atoms with Gasteiger partial charge in [-0.3, -0.25) is 0 Å². The van der Waals surface area contributed by atoms with E-state index < -0.39 is 5.60 Å². The maximum Gasteiger partial charge on any atom is 0.127 e. The normalized spacial score (nSPS) is 19.7. The zero-order valence-electron chi connectivity index (χ0n) is 10.2. The summed E-state index contributed by atoms with van der Waals surface area (Å²) >= 11 is 0. The smallest absolute Gasteiger partial charge is 0.127 e. The van der Waals surface area contributed by atoms with Gasteiger partial charge >= 0.3 is 0 Å². The second kappa shape index (κ2) is 5.15. The van der Waals surface area contributed by atoms with Gasteiger partial charge in [-0.2, -0.15) is 0 Å². The minimum Gasteiger partial charge on any atom is -0.389 e. The number of benzene rings is 1. The zero-order valence-corrected chi connectivity index (χ0v) is 10.2. The Labute approximate surface area is 102 Å². The molecule has 0 bridgehead atoms. The molecule has 0 radical (unpaired) electrons. The van der Waals surface area contributed by atoms with Gasteiger partial charge in [-0.05, 0) is 31.7 Å². The molecule has 0 saturated heterocycles. The molecule has 1 atom stereocenters. The van der Waals surface area contributed by atoms with Crippen LogP contribution in [0.4, 0.5) is 4.39 Å². The van der Waals surface area contributed by atoms with E-state index in [1.807, 2.05) is 13.0 Å². The van der Waals surface area contributed by atoms with E-state index in [0.717, 1.165) is 25.7 Å². The highest BCUT2D eigenvalue weighted by molar-refractivity contribution is 5.21. The Kier molecular flexibility index (Phi) is 3.79. The predicted octanol–water partition coefficient (Wildman–Crippen LogP) is 2.78. The Morgan fingerprint density at radius 3 is 2.65 bits per heavy atom. The molecule has 1 aliphatic carbocycles. The lowest BCUT2D eigenvalue weighted by Gasteiger charge is -2.38. The van der Waals surface area contributed by atoms with E-state index in [1.54, 1.807) is 12.1 Å². The van der Waals surface area contributed by atoms with Crippen LogP contribution < -0.4 is 5.32 Å². The average Bonchev–Trinajstić information content (AvgIpc) is 2.29. The van der Waals surface area contributed by atoms with Gasteiger partial charge in [0, 0.05) is 18.2 Å². The van der Waals surface area contributed by atoms with Crippen LogP contribution in [0.15, 0.2) is 24.3 Å². The van der Waals surface area contributed by atoms with Crippen molar-refractivity contribution in [2.45, 2.75) is 44.2 Å². The molecule has 2 N–H and O–H groups in total. The van der Waals surface area contributed by atoms with Crippen LogP contribution in [0.25, 0.3) is 0 Å². The minimum absolute atomic E-state index is 0.0131. The number of hydrogen-bond acceptors (Lipinski definition) is 2. The molecule has 0 aromatic heterocycles. The Morgan fingerprint density at radius 2 is 2.12 bits per heavy atom. The molecule has 2 nitrogen and oxygen atoms in total. The van der Waals surface area contributed by atoms with Gasteiger partial charge in [0.2, 0.25) is 0 Å². The van der Waals surface area contributed by atoms with E-state index in [9.17, 15) is 9.50 Å². The van der Waals surface area contributed by atoms with Crippen LogP contribution in [0.5, 0.6) is 0 Å². The maximum atomic E-state index is 13.6. The number of hydrogen-bond donors (Lipinski definition) is 2. The summed E-state index contributed by atoms with van der Waals surface area (Å²) in [6.45, 7) is 2.58. The van der Waals surface area contributed by atoms with Gasteiger partial charge in [0.1, 0.15) is 5.82 Å². The Hall–Kier alpha value is -0.930. The molecule has 2 rings (SSSR count). The monoisotopic (exact) mass is 237 g/mol. The van der Waals surface area contributed by atoms with Crippen molar-refractivity contribution in [3.8, 4) is 0 Å². The van der Waals surface area contributed by atoms with E-state index >= 15 is 0 Å². The number of aliphatic hydroxyl groups is 1. The molecule has 17 heavy (non-hydrogen) atoms. The first-order chi connectivity index (χ1) is 8.14. The fourth-order valence-electron chi connectivity index (χ4n) is 2.31. The number of rotatable bonds is 5. The van der Waals surface area contributed by atoms with Crippen molar-refractivity contribution in [3.05, 3.63) is 35.6 Å². The zero-order chi connectivity index (χ0) is 12.3. The molecule has 1 aromatic rings. The van der Waals surface area contributed by atoms with Gasteiger partial charge in [0.05, 0.1) is 5.60 Å². The summed E-state index contributed by atoms with van der Waals surface area (Å²) in [5.41, 5.74) is 0.136. The SMILES string of the molecule is CCC(NCC1(O)CCC1)c1ccccc1F. The topological polar surface area (TPSA) is 32.3 Å². The number of nitrogens with one attached hydrogen (secondary N) is 1. The number of halogens is 1. The summed E-state index contributed by atoms with van der Waals surface area (Å²) in [6.07, 6.45) is 3.62. The van der Waals surface area contributed by atoms with Gasteiger partial charge in [-0.25, -0.2) is 4.39 Å². The minimum atomic E-state index is -0.557. The summed E-state index contributed by atoms with van der Waals surface area (Å²) in [7, 11) is 0. The van der Waals surface area contributed by atoms with E-state index in [4.69, 9.17) is 0 Å². The molecule has 3 heteroatoms. The van der Waals surface area contributed by atoms with Crippen molar-refractivity contribution in [1.29, 1.82) is 0 Å². The summed E-state index contributed by atoms with van der Waals surface area (Å²) in [4.78, 5) is 0. The first kappa shape index (κ1) is 12.5. The average molecular weight is 237 g/mol. The molecule has 1 fully saturated rings. The van der Waals surface area contributed by atoms with Crippen molar-refractivity contribution in [2.75, 3.05) is 6.54 Å². The van der Waals surface area contributed by atoms with E-state index in [2.05, 4.69) is 5.32 Å². The lowest BCUT2D eigenvalue weighted by atomic mass is 9.80. The Morgan fingerprint density at radius 1 is 1.41 bits per heavy atom. The van der Waals surface area contributed by atoms with Crippen molar-refractivity contribution in [2.24, 2.45) is 0 Å². The third kappa shape index (κ3) is 2.85. The molecular weight excluding hydrogens is 217 g/mol. The summed E-state index contributed by atoms with van der Waals surface area (Å²) < 4.78 is 13.6. The summed E-state index contributed by atoms with van der Waals surface area (Å²) in [6, 6.07) is 6.83. The quantitative estimate of drug-likeness (QED) is 0.825. The van der Waals surface area contributed by atoms with Crippen LogP contribution in [0.3, 0.4) is 0 Å². The molecular formula is C14H20FNO. The van der Waals surface area contributed by atoms with Crippen molar-refractivity contribution in [3.63, 3.8) is 0 Å². The van der Waals surface area contributed by atoms with Crippen LogP contribution in [0, 0.1) is 5.82 Å². The first-order valence-corrected chi connectivity index (χ1v) is 6.35. The Balaban J connectivity index is 1.99. The molecule has 0 aliphatic heterocycles. The highest BCUT2D eigenvalue weighted by atomic mass is 19.1. The Bertz CT molecular complexity index is 376. The molecule has 0 heterocycles. The molecule has 94 valence electrons. The van der Waals surface area contributed by atoms with Crippen LogP contribution in [-0.2, 0) is 0 Å². The molecule has 1 unspecified atom stereocenters. The molecule has 0 spiro atoms. The summed E-state index contributed by atoms with van der Waals surface area (Å²) in [5.74, 6) is -0.174. The highest BCUT2D eigenvalue weighted by Crippen LogP contribution is 2.31. The van der Waals surface area contributed by atoms with Crippen molar-refractivity contribution < 1.29 is 9.50 Å². The molecule has 1 saturated carbocycles. The fourth-order valence-corrected chi connectivity index (χ4v) is 2.31. The summed E-state index contributed by atoms with van der Waals surface area (Å²) in [5, 5.41) is 13.3. The predicted molar refractivity (Wildman–Crippen MR) is 66.2 cm³/mol. The molecule has 1 aliphatic rings. The second-order valence-corrected chi connectivity index (χ2v) is 4.94. The third-order valence-corrected chi connectivity index (χ3v) is 3.65. The van der Waals surface area contributed by atoms with E-state index in [1.165, 1.54) is 6.07 Å². The van der Waals surface area contributed by atoms with Crippen LogP contribution in [0.1, 0.15) is 44.2 Å². The van der Waals surface area contributed by atoms with Crippen LogP contribution in [0.2, 0.25) is 0 Å². The second-order valence-electron chi connectivity index (χ2n) is 4.94. The highest BCUT2D eigenvalue weighted by Gasteiger charge is 2.34. The van der Waals surface area contributed by atoms with Gasteiger partial charge in [-0.15, -0.1) is 0 Å². The standard InChI is InChI=1S/C14H20FNO/c1-2-13(11-6-3-4-7-12(11)15)16-10-14(17)8-5-9-14/h3-4,6-7,13,16-17H,2,5,8-10H2,1H3.